The van der Waals surface area contributed by atoms with E-state index in [0.717, 1.165) is 45.1 Å². The van der Waals surface area contributed by atoms with Crippen LogP contribution in [-0.2, 0) is 9.59 Å². The number of hydrogen-bond donors (Lipinski definition) is 2. The average Bonchev–Trinajstić information content (AvgIpc) is 2.87. The first kappa shape index (κ1) is 14.3. The van der Waals surface area contributed by atoms with Crippen LogP contribution in [0.1, 0.15) is 45.4 Å². The van der Waals surface area contributed by atoms with Crippen molar-refractivity contribution >= 4 is 11.8 Å². The van der Waals surface area contributed by atoms with Gasteiger partial charge in [-0.1, -0.05) is 12.8 Å². The van der Waals surface area contributed by atoms with Crippen molar-refractivity contribution < 1.29 is 9.59 Å². The van der Waals surface area contributed by atoms with Crippen molar-refractivity contribution in [2.75, 3.05) is 19.6 Å². The number of nitrogens with one attached hydrogen (secondary N) is 1. The quantitative estimate of drug-likeness (QED) is 0.787. The number of nitrogens with zero attached hydrogens (tertiary/aromatic N) is 1. The Balaban J connectivity index is 2.00. The molecule has 2 amide bonds. The number of rotatable bonds is 3. The van der Waals surface area contributed by atoms with Crippen LogP contribution in [0.25, 0.3) is 0 Å². The summed E-state index contributed by atoms with van der Waals surface area (Å²) in [6.07, 6.45) is 5.96. The number of likely N-dealkylation sites (tertiary alicyclic amines) is 1. The third-order valence-electron chi connectivity index (χ3n) is 4.52. The summed E-state index contributed by atoms with van der Waals surface area (Å²) in [5.41, 5.74) is 5.55. The van der Waals surface area contributed by atoms with Gasteiger partial charge in [-0.25, -0.2) is 0 Å². The summed E-state index contributed by atoms with van der Waals surface area (Å²) < 4.78 is 0. The predicted molar refractivity (Wildman–Crippen MR) is 73.4 cm³/mol. The van der Waals surface area contributed by atoms with Gasteiger partial charge in [0.2, 0.25) is 11.8 Å². The van der Waals surface area contributed by atoms with Gasteiger partial charge in [-0.2, -0.15) is 0 Å². The van der Waals surface area contributed by atoms with Gasteiger partial charge in [0.05, 0.1) is 5.41 Å². The molecule has 2 aliphatic rings. The topological polar surface area (TPSA) is 75.4 Å². The first-order valence-corrected chi connectivity index (χ1v) is 7.34. The Morgan fingerprint density at radius 3 is 2.58 bits per heavy atom. The third kappa shape index (κ3) is 3.08. The minimum Gasteiger partial charge on any atom is -0.352 e. The highest BCUT2D eigenvalue weighted by molar-refractivity contribution is 5.83. The summed E-state index contributed by atoms with van der Waals surface area (Å²) in [5.74, 6) is 0.191. The molecular formula is C14H25N3O2. The van der Waals surface area contributed by atoms with Crippen LogP contribution >= 0.6 is 0 Å². The van der Waals surface area contributed by atoms with E-state index in [1.165, 1.54) is 6.92 Å². The third-order valence-corrected chi connectivity index (χ3v) is 4.52. The molecule has 0 unspecified atom stereocenters. The zero-order valence-electron chi connectivity index (χ0n) is 11.8. The molecule has 0 aromatic carbocycles. The van der Waals surface area contributed by atoms with E-state index in [1.807, 2.05) is 4.90 Å². The van der Waals surface area contributed by atoms with Crippen LogP contribution in [0.4, 0.5) is 0 Å². The van der Waals surface area contributed by atoms with Crippen molar-refractivity contribution in [3.8, 4) is 0 Å². The van der Waals surface area contributed by atoms with Gasteiger partial charge < -0.3 is 16.0 Å². The molecule has 0 radical (unpaired) electrons. The van der Waals surface area contributed by atoms with E-state index in [2.05, 4.69) is 5.32 Å². The maximum atomic E-state index is 12.7. The highest BCUT2D eigenvalue weighted by Crippen LogP contribution is 2.39. The van der Waals surface area contributed by atoms with Gasteiger partial charge in [-0.05, 0) is 25.7 Å². The molecule has 0 aromatic rings. The molecule has 108 valence electrons. The summed E-state index contributed by atoms with van der Waals surface area (Å²) in [7, 11) is 0. The molecule has 1 aliphatic carbocycles. The molecule has 2 fully saturated rings. The monoisotopic (exact) mass is 267 g/mol. The Kier molecular flexibility index (Phi) is 4.45. The molecule has 2 rings (SSSR count). The molecule has 0 bridgehead atoms. The number of piperidine rings is 1. The van der Waals surface area contributed by atoms with E-state index in [9.17, 15) is 9.59 Å². The Labute approximate surface area is 114 Å². The van der Waals surface area contributed by atoms with Crippen LogP contribution in [0.2, 0.25) is 0 Å². The molecule has 0 spiro atoms. The van der Waals surface area contributed by atoms with E-state index in [4.69, 9.17) is 5.73 Å². The molecule has 19 heavy (non-hydrogen) atoms. The second kappa shape index (κ2) is 5.90. The lowest BCUT2D eigenvalue weighted by Gasteiger charge is -2.38. The van der Waals surface area contributed by atoms with Gasteiger partial charge in [-0.3, -0.25) is 9.59 Å². The fraction of sp³-hybridized carbons (Fsp3) is 0.857. The first-order valence-electron chi connectivity index (χ1n) is 7.34. The second-order valence-electron chi connectivity index (χ2n) is 5.98. The summed E-state index contributed by atoms with van der Waals surface area (Å²) in [5, 5.41) is 2.92. The van der Waals surface area contributed by atoms with E-state index < -0.39 is 0 Å². The zero-order valence-corrected chi connectivity index (χ0v) is 11.8. The lowest BCUT2D eigenvalue weighted by atomic mass is 9.84. The maximum Gasteiger partial charge on any atom is 0.230 e. The zero-order chi connectivity index (χ0) is 13.9. The average molecular weight is 267 g/mol. The number of carbonyl (C=O) groups excluding carboxylic acids is 2. The normalized spacial score (nSPS) is 26.2. The van der Waals surface area contributed by atoms with Gasteiger partial charge in [0, 0.05) is 32.6 Å². The molecule has 0 aromatic heterocycles. The highest BCUT2D eigenvalue weighted by atomic mass is 16.2. The molecule has 5 nitrogen and oxygen atoms in total. The van der Waals surface area contributed by atoms with Crippen LogP contribution in [-0.4, -0.2) is 42.4 Å². The van der Waals surface area contributed by atoms with Crippen LogP contribution in [0.3, 0.4) is 0 Å². The van der Waals surface area contributed by atoms with E-state index in [1.54, 1.807) is 0 Å². The number of amides is 2. The molecule has 1 aliphatic heterocycles. The predicted octanol–water partition coefficient (Wildman–Crippen LogP) is 0.633. The summed E-state index contributed by atoms with van der Waals surface area (Å²) in [4.78, 5) is 25.8. The van der Waals surface area contributed by atoms with Crippen molar-refractivity contribution in [1.29, 1.82) is 0 Å². The molecule has 5 heteroatoms. The smallest absolute Gasteiger partial charge is 0.230 e. The van der Waals surface area contributed by atoms with Crippen LogP contribution in [0, 0.1) is 5.41 Å². The Morgan fingerprint density at radius 1 is 1.32 bits per heavy atom. The van der Waals surface area contributed by atoms with Crippen molar-refractivity contribution in [3.63, 3.8) is 0 Å². The summed E-state index contributed by atoms with van der Waals surface area (Å²) in [6.45, 7) is 3.42. The van der Waals surface area contributed by atoms with E-state index in [-0.39, 0.29) is 23.3 Å². The summed E-state index contributed by atoms with van der Waals surface area (Å²) in [6, 6.07) is 0.103. The fourth-order valence-electron chi connectivity index (χ4n) is 3.46. The van der Waals surface area contributed by atoms with Crippen molar-refractivity contribution in [2.45, 2.75) is 51.5 Å². The molecule has 1 atom stereocenters. The lowest BCUT2D eigenvalue weighted by molar-refractivity contribution is -0.143. The van der Waals surface area contributed by atoms with Gasteiger partial charge >= 0.3 is 0 Å². The van der Waals surface area contributed by atoms with Crippen molar-refractivity contribution in [1.82, 2.24) is 10.2 Å². The molecule has 1 heterocycles. The Morgan fingerprint density at radius 2 is 2.00 bits per heavy atom. The molecule has 1 saturated heterocycles. The Hall–Kier alpha value is -1.10. The van der Waals surface area contributed by atoms with Crippen LogP contribution in [0.15, 0.2) is 0 Å². The van der Waals surface area contributed by atoms with E-state index >= 15 is 0 Å². The minimum atomic E-state index is -0.321. The summed E-state index contributed by atoms with van der Waals surface area (Å²) >= 11 is 0. The SMILES string of the molecule is CC(=O)N[C@@H]1CCCN(C(=O)C2(CN)CCCC2)C1. The standard InChI is InChI=1S/C14H25N3O2/c1-11(18)16-12-5-4-8-17(9-12)13(19)14(10-15)6-2-3-7-14/h12H,2-10,15H2,1H3,(H,16,18)/t12-/m1/s1. The Bertz CT molecular complexity index is 351. The van der Waals surface area contributed by atoms with E-state index in [0.29, 0.717) is 13.1 Å². The lowest BCUT2D eigenvalue weighted by Crippen LogP contribution is -2.54. The van der Waals surface area contributed by atoms with Crippen LogP contribution in [0.5, 0.6) is 0 Å². The molecule has 3 N–H and O–H groups in total. The van der Waals surface area contributed by atoms with Crippen molar-refractivity contribution in [3.05, 3.63) is 0 Å². The number of nitrogens with two attached hydrogens (primary N) is 1. The van der Waals surface area contributed by atoms with Crippen molar-refractivity contribution in [2.24, 2.45) is 11.1 Å². The van der Waals surface area contributed by atoms with Gasteiger partial charge in [-0.15, -0.1) is 0 Å². The molecular weight excluding hydrogens is 242 g/mol. The van der Waals surface area contributed by atoms with Gasteiger partial charge in [0.1, 0.15) is 0 Å². The minimum absolute atomic E-state index is 0.0197. The molecule has 1 saturated carbocycles. The van der Waals surface area contributed by atoms with Gasteiger partial charge in [0.25, 0.3) is 0 Å². The largest absolute Gasteiger partial charge is 0.352 e. The first-order chi connectivity index (χ1) is 9.07. The number of hydrogen-bond acceptors (Lipinski definition) is 3. The maximum absolute atomic E-state index is 12.7. The second-order valence-corrected chi connectivity index (χ2v) is 5.98. The highest BCUT2D eigenvalue weighted by Gasteiger charge is 2.43. The van der Waals surface area contributed by atoms with Gasteiger partial charge in [0.15, 0.2) is 0 Å². The fourth-order valence-corrected chi connectivity index (χ4v) is 3.46. The van der Waals surface area contributed by atoms with Crippen LogP contribution < -0.4 is 11.1 Å². The number of carbonyl (C=O) groups is 2.